The first-order valence-electron chi connectivity index (χ1n) is 9.77. The third kappa shape index (κ3) is 4.62. The number of hydrogen-bond acceptors (Lipinski definition) is 7. The number of nitrogens with two attached hydrogens (primary N) is 1. The zero-order chi connectivity index (χ0) is 21.1. The number of fused-ring (bicyclic) bond motifs is 3. The molecule has 9 heteroatoms. The van der Waals surface area contributed by atoms with Gasteiger partial charge >= 0.3 is 5.97 Å². The average Bonchev–Trinajstić information content (AvgIpc) is 2.92. The van der Waals surface area contributed by atoms with Crippen molar-refractivity contribution in [2.45, 2.75) is 38.7 Å². The molecule has 1 aromatic carbocycles. The summed E-state index contributed by atoms with van der Waals surface area (Å²) in [4.78, 5) is 35.2. The number of carbonyl (C=O) groups is 2. The van der Waals surface area contributed by atoms with Gasteiger partial charge in [0.25, 0.3) is 5.91 Å². The zero-order valence-electron chi connectivity index (χ0n) is 16.2. The van der Waals surface area contributed by atoms with Crippen molar-refractivity contribution >= 4 is 55.2 Å². The molecule has 0 radical (unpaired) electrons. The maximum Gasteiger partial charge on any atom is 0.325 e. The van der Waals surface area contributed by atoms with E-state index in [0.29, 0.717) is 17.2 Å². The van der Waals surface area contributed by atoms with Crippen LogP contribution in [0.5, 0.6) is 0 Å². The highest BCUT2D eigenvalue weighted by Crippen LogP contribution is 2.37. The number of carbonyl (C=O) groups excluding carboxylic acids is 2. The van der Waals surface area contributed by atoms with E-state index in [4.69, 9.17) is 10.5 Å². The Hall–Kier alpha value is -2.52. The van der Waals surface area contributed by atoms with Crippen LogP contribution < -0.4 is 11.1 Å². The molecule has 7 nitrogen and oxygen atoms in total. The van der Waals surface area contributed by atoms with E-state index in [-0.39, 0.29) is 19.1 Å². The van der Waals surface area contributed by atoms with Gasteiger partial charge in [-0.15, -0.1) is 11.3 Å². The van der Waals surface area contributed by atoms with Crippen LogP contribution in [0.1, 0.15) is 45.9 Å². The number of aryl methyl sites for hydroxylation is 2. The standard InChI is InChI=1S/C21H21BrN4O3S/c22-13-6-4-5-12(9-13)20(28)24-10-17(27)29-11-16-25-19(23)18-14-7-2-1-3-8-15(14)30-21(18)26-16/h4-6,9H,1-3,7-8,10-11H2,(H,24,28)(H2,23,25,26). The second kappa shape index (κ2) is 9.09. The van der Waals surface area contributed by atoms with Crippen molar-refractivity contribution in [1.29, 1.82) is 0 Å². The summed E-state index contributed by atoms with van der Waals surface area (Å²) in [6.07, 6.45) is 5.63. The molecule has 3 N–H and O–H groups in total. The Labute approximate surface area is 186 Å². The number of nitrogens with zero attached hydrogens (tertiary/aromatic N) is 2. The summed E-state index contributed by atoms with van der Waals surface area (Å²) in [6.45, 7) is -0.329. The van der Waals surface area contributed by atoms with E-state index in [9.17, 15) is 9.59 Å². The van der Waals surface area contributed by atoms with Gasteiger partial charge in [0.05, 0.1) is 5.39 Å². The monoisotopic (exact) mass is 488 g/mol. The first kappa shape index (κ1) is 20.7. The van der Waals surface area contributed by atoms with E-state index in [1.807, 2.05) is 6.07 Å². The summed E-state index contributed by atoms with van der Waals surface area (Å²) < 4.78 is 6.01. The number of aromatic nitrogens is 2. The normalized spacial score (nSPS) is 13.5. The number of halogens is 1. The molecule has 2 heterocycles. The number of thiophene rings is 1. The van der Waals surface area contributed by atoms with E-state index in [1.165, 1.54) is 23.3 Å². The molecular weight excluding hydrogens is 468 g/mol. The number of anilines is 1. The molecule has 0 saturated heterocycles. The molecule has 0 fully saturated rings. The number of rotatable bonds is 5. The molecule has 0 bridgehead atoms. The quantitative estimate of drug-likeness (QED) is 0.417. The third-order valence-electron chi connectivity index (χ3n) is 4.98. The fraction of sp³-hybridized carbons (Fsp3) is 0.333. The molecule has 0 spiro atoms. The first-order chi connectivity index (χ1) is 14.5. The molecule has 30 heavy (non-hydrogen) atoms. The van der Waals surface area contributed by atoms with Crippen LogP contribution in [-0.4, -0.2) is 28.4 Å². The van der Waals surface area contributed by atoms with Gasteiger partial charge in [0, 0.05) is 14.9 Å². The fourth-order valence-electron chi connectivity index (χ4n) is 3.55. The molecule has 1 aliphatic carbocycles. The zero-order valence-corrected chi connectivity index (χ0v) is 18.6. The smallest absolute Gasteiger partial charge is 0.325 e. The van der Waals surface area contributed by atoms with Crippen LogP contribution in [0.2, 0.25) is 0 Å². The number of esters is 1. The molecule has 1 aliphatic rings. The molecular formula is C21H21BrN4O3S. The molecule has 2 aromatic heterocycles. The van der Waals surface area contributed by atoms with Crippen molar-refractivity contribution < 1.29 is 14.3 Å². The number of hydrogen-bond donors (Lipinski definition) is 2. The molecule has 0 unspecified atom stereocenters. The van der Waals surface area contributed by atoms with Gasteiger partial charge in [-0.25, -0.2) is 9.97 Å². The van der Waals surface area contributed by atoms with Crippen LogP contribution in [0.4, 0.5) is 5.82 Å². The second-order valence-corrected chi connectivity index (χ2v) is 9.12. The summed E-state index contributed by atoms with van der Waals surface area (Å²) in [5, 5.41) is 3.50. The molecule has 1 amide bonds. The van der Waals surface area contributed by atoms with Crippen molar-refractivity contribution in [1.82, 2.24) is 15.3 Å². The molecule has 0 aliphatic heterocycles. The Morgan fingerprint density at radius 3 is 2.87 bits per heavy atom. The predicted octanol–water partition coefficient (Wildman–Crippen LogP) is 3.78. The topological polar surface area (TPSA) is 107 Å². The number of nitrogen functional groups attached to an aromatic ring is 1. The highest BCUT2D eigenvalue weighted by Gasteiger charge is 2.19. The van der Waals surface area contributed by atoms with Crippen molar-refractivity contribution in [3.05, 3.63) is 50.6 Å². The van der Waals surface area contributed by atoms with Crippen molar-refractivity contribution in [3.63, 3.8) is 0 Å². The van der Waals surface area contributed by atoms with E-state index in [0.717, 1.165) is 34.0 Å². The van der Waals surface area contributed by atoms with Gasteiger partial charge < -0.3 is 15.8 Å². The number of amides is 1. The van der Waals surface area contributed by atoms with Gasteiger partial charge in [0.2, 0.25) is 0 Å². The van der Waals surface area contributed by atoms with E-state index < -0.39 is 5.97 Å². The Bertz CT molecular complexity index is 1120. The van der Waals surface area contributed by atoms with E-state index in [2.05, 4.69) is 31.2 Å². The van der Waals surface area contributed by atoms with Crippen LogP contribution in [0.25, 0.3) is 10.2 Å². The second-order valence-electron chi connectivity index (χ2n) is 7.12. The Balaban J connectivity index is 1.37. The lowest BCUT2D eigenvalue weighted by Crippen LogP contribution is -2.30. The Kier molecular flexibility index (Phi) is 6.29. The number of ether oxygens (including phenoxy) is 1. The van der Waals surface area contributed by atoms with Crippen molar-refractivity contribution in [2.24, 2.45) is 0 Å². The lowest BCUT2D eigenvalue weighted by atomic mass is 10.1. The van der Waals surface area contributed by atoms with Crippen LogP contribution in [-0.2, 0) is 29.0 Å². The highest BCUT2D eigenvalue weighted by atomic mass is 79.9. The largest absolute Gasteiger partial charge is 0.456 e. The summed E-state index contributed by atoms with van der Waals surface area (Å²) in [6, 6.07) is 6.91. The summed E-state index contributed by atoms with van der Waals surface area (Å²) >= 11 is 4.97. The maximum atomic E-state index is 12.1. The molecule has 0 atom stereocenters. The minimum atomic E-state index is -0.567. The van der Waals surface area contributed by atoms with Gasteiger partial charge in [0.1, 0.15) is 17.2 Å². The van der Waals surface area contributed by atoms with Gasteiger partial charge in [0.15, 0.2) is 12.4 Å². The third-order valence-corrected chi connectivity index (χ3v) is 6.66. The minimum absolute atomic E-state index is 0.0890. The summed E-state index contributed by atoms with van der Waals surface area (Å²) in [7, 11) is 0. The number of nitrogens with one attached hydrogen (secondary N) is 1. The van der Waals surface area contributed by atoms with Crippen LogP contribution >= 0.6 is 27.3 Å². The van der Waals surface area contributed by atoms with Gasteiger partial charge in [-0.05, 0) is 49.4 Å². The molecule has 0 saturated carbocycles. The molecule has 4 rings (SSSR count). The predicted molar refractivity (Wildman–Crippen MR) is 119 cm³/mol. The maximum absolute atomic E-state index is 12.1. The van der Waals surface area contributed by atoms with Crippen LogP contribution in [0, 0.1) is 0 Å². The molecule has 3 aromatic rings. The highest BCUT2D eigenvalue weighted by molar-refractivity contribution is 9.10. The van der Waals surface area contributed by atoms with Gasteiger partial charge in [-0.3, -0.25) is 9.59 Å². The SMILES string of the molecule is Nc1nc(COC(=O)CNC(=O)c2cccc(Br)c2)nc2sc3c(c12)CCCCC3. The van der Waals surface area contributed by atoms with E-state index in [1.54, 1.807) is 29.5 Å². The Morgan fingerprint density at radius 2 is 2.03 bits per heavy atom. The van der Waals surface area contributed by atoms with Gasteiger partial charge in [-0.2, -0.15) is 0 Å². The van der Waals surface area contributed by atoms with Crippen LogP contribution in [0.3, 0.4) is 0 Å². The van der Waals surface area contributed by atoms with Crippen LogP contribution in [0.15, 0.2) is 28.7 Å². The first-order valence-corrected chi connectivity index (χ1v) is 11.4. The lowest BCUT2D eigenvalue weighted by Gasteiger charge is -2.07. The number of benzene rings is 1. The Morgan fingerprint density at radius 1 is 1.20 bits per heavy atom. The van der Waals surface area contributed by atoms with Crippen molar-refractivity contribution in [2.75, 3.05) is 12.3 Å². The van der Waals surface area contributed by atoms with E-state index >= 15 is 0 Å². The lowest BCUT2D eigenvalue weighted by molar-refractivity contribution is -0.143. The van der Waals surface area contributed by atoms with Crippen molar-refractivity contribution in [3.8, 4) is 0 Å². The fourth-order valence-corrected chi connectivity index (χ4v) is 5.24. The summed E-state index contributed by atoms with van der Waals surface area (Å²) in [5.74, 6) is -0.116. The minimum Gasteiger partial charge on any atom is -0.456 e. The van der Waals surface area contributed by atoms with Gasteiger partial charge in [-0.1, -0.05) is 28.4 Å². The molecule has 156 valence electrons. The average molecular weight is 489 g/mol. The summed E-state index contributed by atoms with van der Waals surface area (Å²) in [5.41, 5.74) is 7.95.